The summed E-state index contributed by atoms with van der Waals surface area (Å²) in [5.74, 6) is 0. The Bertz CT molecular complexity index is 149. The molecule has 0 aliphatic carbocycles. The molecule has 1 atom stereocenters. The average Bonchev–Trinajstić information content (AvgIpc) is 2.27. The van der Waals surface area contributed by atoms with Crippen molar-refractivity contribution in [2.75, 3.05) is 19.6 Å². The number of nitrogens with one attached hydrogen (secondary N) is 1. The van der Waals surface area contributed by atoms with Gasteiger partial charge in [0.1, 0.15) is 0 Å². The zero-order chi connectivity index (χ0) is 6.97. The Morgan fingerprint density at radius 3 is 3.40 bits per heavy atom. The van der Waals surface area contributed by atoms with E-state index < -0.39 is 9.17 Å². The van der Waals surface area contributed by atoms with E-state index in [2.05, 4.69) is 5.32 Å². The van der Waals surface area contributed by atoms with Crippen LogP contribution in [-0.2, 0) is 13.4 Å². The molecule has 56 valence electrons. The molecule has 0 radical (unpaired) electrons. The van der Waals surface area contributed by atoms with Gasteiger partial charge in [-0.3, -0.25) is 4.46 Å². The molecule has 0 spiro atoms. The second-order valence-electron chi connectivity index (χ2n) is 2.26. The van der Waals surface area contributed by atoms with Gasteiger partial charge in [-0.2, -0.15) is 0 Å². The van der Waals surface area contributed by atoms with E-state index in [0.717, 1.165) is 13.1 Å². The van der Waals surface area contributed by atoms with Gasteiger partial charge in [-0.05, 0) is 0 Å². The second-order valence-corrected chi connectivity index (χ2v) is 3.18. The molecule has 2 saturated heterocycles. The van der Waals surface area contributed by atoms with Crippen LogP contribution in [0.3, 0.4) is 0 Å². The van der Waals surface area contributed by atoms with Crippen molar-refractivity contribution in [3.8, 4) is 0 Å². The molecule has 0 aromatic rings. The van der Waals surface area contributed by atoms with Crippen molar-refractivity contribution in [2.45, 2.75) is 6.23 Å². The number of hydroxylamine groups is 2. The Kier molecular flexibility index (Phi) is 1.44. The van der Waals surface area contributed by atoms with Crippen LogP contribution in [0.1, 0.15) is 0 Å². The van der Waals surface area contributed by atoms with Crippen LogP contribution in [-0.4, -0.2) is 40.1 Å². The molecule has 0 aromatic carbocycles. The molecular formula is C4H8N2O3Si. The second kappa shape index (κ2) is 2.29. The molecule has 2 rings (SSSR count). The lowest BCUT2D eigenvalue weighted by atomic mass is 10.4. The van der Waals surface area contributed by atoms with Crippen molar-refractivity contribution < 1.29 is 13.4 Å². The molecule has 2 aliphatic heterocycles. The normalized spacial score (nSPS) is 32.8. The van der Waals surface area contributed by atoms with Gasteiger partial charge in [0.15, 0.2) is 6.23 Å². The monoisotopic (exact) mass is 160 g/mol. The molecule has 0 bridgehead atoms. The zero-order valence-corrected chi connectivity index (χ0v) is 6.37. The summed E-state index contributed by atoms with van der Waals surface area (Å²) in [7, 11) is -2.20. The molecule has 5 nitrogen and oxygen atoms in total. The Balaban J connectivity index is 2.04. The highest BCUT2D eigenvalue weighted by atomic mass is 28.3. The van der Waals surface area contributed by atoms with Crippen LogP contribution in [0.25, 0.3) is 0 Å². The fraction of sp³-hybridized carbons (Fsp3) is 1.00. The van der Waals surface area contributed by atoms with E-state index in [4.69, 9.17) is 8.95 Å². The van der Waals surface area contributed by atoms with Crippen molar-refractivity contribution >= 4 is 9.17 Å². The highest BCUT2D eigenvalue weighted by Gasteiger charge is 2.38. The number of nitrogens with zero attached hydrogens (tertiary/aromatic N) is 1. The summed E-state index contributed by atoms with van der Waals surface area (Å²) < 4.78 is 20.5. The van der Waals surface area contributed by atoms with Crippen LogP contribution in [0.5, 0.6) is 0 Å². The van der Waals surface area contributed by atoms with E-state index in [1.54, 1.807) is 5.06 Å². The highest BCUT2D eigenvalue weighted by molar-refractivity contribution is 6.26. The van der Waals surface area contributed by atoms with E-state index in [-0.39, 0.29) is 6.23 Å². The quantitative estimate of drug-likeness (QED) is 0.441. The lowest BCUT2D eigenvalue weighted by molar-refractivity contribution is -0.109. The van der Waals surface area contributed by atoms with Crippen LogP contribution >= 0.6 is 0 Å². The van der Waals surface area contributed by atoms with Crippen molar-refractivity contribution in [1.82, 2.24) is 10.4 Å². The minimum Gasteiger partial charge on any atom is -0.475 e. The summed E-state index contributed by atoms with van der Waals surface area (Å²) in [5.41, 5.74) is 0. The fourth-order valence-corrected chi connectivity index (χ4v) is 1.96. The molecular weight excluding hydrogens is 152 g/mol. The topological polar surface area (TPSA) is 50.8 Å². The Morgan fingerprint density at radius 2 is 2.60 bits per heavy atom. The van der Waals surface area contributed by atoms with Crippen LogP contribution in [0.15, 0.2) is 0 Å². The van der Waals surface area contributed by atoms with Crippen molar-refractivity contribution in [2.24, 2.45) is 0 Å². The van der Waals surface area contributed by atoms with Crippen molar-refractivity contribution in [3.05, 3.63) is 0 Å². The zero-order valence-electron chi connectivity index (χ0n) is 5.37. The average molecular weight is 160 g/mol. The third-order valence-corrected chi connectivity index (χ3v) is 2.42. The SMILES string of the molecule is O=[Si]1OC2CNCCN2O1. The maximum Gasteiger partial charge on any atom is 0.789 e. The van der Waals surface area contributed by atoms with Gasteiger partial charge in [-0.15, -0.1) is 5.06 Å². The first-order valence-electron chi connectivity index (χ1n) is 3.22. The molecule has 6 heteroatoms. The maximum atomic E-state index is 10.7. The van der Waals surface area contributed by atoms with Gasteiger partial charge in [0.05, 0.1) is 0 Å². The van der Waals surface area contributed by atoms with E-state index in [0.29, 0.717) is 6.54 Å². The lowest BCUT2D eigenvalue weighted by Gasteiger charge is -2.25. The van der Waals surface area contributed by atoms with Gasteiger partial charge < -0.3 is 14.3 Å². The molecule has 1 unspecified atom stereocenters. The summed E-state index contributed by atoms with van der Waals surface area (Å²) in [6.45, 7) is 2.33. The first-order valence-corrected chi connectivity index (χ1v) is 4.45. The molecule has 2 fully saturated rings. The van der Waals surface area contributed by atoms with Crippen LogP contribution < -0.4 is 5.32 Å². The fourth-order valence-electron chi connectivity index (χ4n) is 1.09. The van der Waals surface area contributed by atoms with Crippen LogP contribution in [0.2, 0.25) is 0 Å². The van der Waals surface area contributed by atoms with E-state index in [1.165, 1.54) is 0 Å². The first kappa shape index (κ1) is 6.26. The molecule has 2 aliphatic rings. The van der Waals surface area contributed by atoms with E-state index >= 15 is 0 Å². The molecule has 0 amide bonds. The first-order chi connectivity index (χ1) is 4.86. The highest BCUT2D eigenvalue weighted by Crippen LogP contribution is 2.12. The van der Waals surface area contributed by atoms with Crippen molar-refractivity contribution in [3.63, 3.8) is 0 Å². The maximum absolute atomic E-state index is 10.7. The Hall–Kier alpha value is -0.463. The van der Waals surface area contributed by atoms with Gasteiger partial charge in [0, 0.05) is 19.6 Å². The largest absolute Gasteiger partial charge is 0.789 e. The predicted octanol–water partition coefficient (Wildman–Crippen LogP) is -1.41. The third-order valence-electron chi connectivity index (χ3n) is 1.57. The van der Waals surface area contributed by atoms with Crippen molar-refractivity contribution in [1.29, 1.82) is 0 Å². The minimum absolute atomic E-state index is 0.125. The predicted molar refractivity (Wildman–Crippen MR) is 32.0 cm³/mol. The number of fused-ring (bicyclic) bond motifs is 1. The van der Waals surface area contributed by atoms with Gasteiger partial charge in [0.2, 0.25) is 0 Å². The number of rotatable bonds is 0. The summed E-state index contributed by atoms with van der Waals surface area (Å²) >= 11 is 0. The smallest absolute Gasteiger partial charge is 0.475 e. The summed E-state index contributed by atoms with van der Waals surface area (Å²) in [5, 5.41) is 4.74. The summed E-state index contributed by atoms with van der Waals surface area (Å²) in [6, 6.07) is 0. The molecule has 1 N–H and O–H groups in total. The Labute approximate surface area is 59.8 Å². The van der Waals surface area contributed by atoms with Gasteiger partial charge >= 0.3 is 9.17 Å². The van der Waals surface area contributed by atoms with Crippen LogP contribution in [0.4, 0.5) is 0 Å². The lowest BCUT2D eigenvalue weighted by Crippen LogP contribution is -2.47. The third kappa shape index (κ3) is 0.937. The minimum atomic E-state index is -2.20. The van der Waals surface area contributed by atoms with Crippen LogP contribution in [0, 0.1) is 0 Å². The summed E-state index contributed by atoms with van der Waals surface area (Å²) in [4.78, 5) is 0. The molecule has 0 saturated carbocycles. The standard InChI is InChI=1S/C4H8N2O3Si/c7-10-8-4-3-5-1-2-6(4)9-10/h4-5H,1-3H2. The van der Waals surface area contributed by atoms with E-state index in [1.807, 2.05) is 0 Å². The molecule has 0 aromatic heterocycles. The summed E-state index contributed by atoms with van der Waals surface area (Å²) in [6.07, 6.45) is -0.125. The Morgan fingerprint density at radius 1 is 1.70 bits per heavy atom. The molecule has 10 heavy (non-hydrogen) atoms. The van der Waals surface area contributed by atoms with E-state index in [9.17, 15) is 4.46 Å². The number of hydrogen-bond donors (Lipinski definition) is 1. The van der Waals surface area contributed by atoms with Gasteiger partial charge in [-0.1, -0.05) is 0 Å². The number of hydrogen-bond acceptors (Lipinski definition) is 5. The number of piperazine rings is 1. The van der Waals surface area contributed by atoms with Gasteiger partial charge in [-0.25, -0.2) is 0 Å². The van der Waals surface area contributed by atoms with Gasteiger partial charge in [0.25, 0.3) is 0 Å². The molecule has 2 heterocycles.